The first-order valence-electron chi connectivity index (χ1n) is 11.1. The van der Waals surface area contributed by atoms with E-state index in [9.17, 15) is 10.0 Å². The smallest absolute Gasteiger partial charge is 0.435 e. The van der Waals surface area contributed by atoms with Gasteiger partial charge in [-0.25, -0.2) is 4.79 Å². The van der Waals surface area contributed by atoms with Crippen LogP contribution in [0.3, 0.4) is 0 Å². The Kier molecular flexibility index (Phi) is 10.0. The minimum Gasteiger partial charge on any atom is -0.493 e. The fourth-order valence-electron chi connectivity index (χ4n) is 2.61. The summed E-state index contributed by atoms with van der Waals surface area (Å²) in [7, 11) is 0.854. The van der Waals surface area contributed by atoms with Gasteiger partial charge in [-0.2, -0.15) is 5.06 Å². The zero-order valence-electron chi connectivity index (χ0n) is 22.3. The maximum Gasteiger partial charge on any atom is 0.435 e. The fourth-order valence-corrected chi connectivity index (χ4v) is 3.65. The van der Waals surface area contributed by atoms with Crippen molar-refractivity contribution in [1.29, 1.82) is 0 Å². The van der Waals surface area contributed by atoms with Crippen LogP contribution in [0.25, 0.3) is 0 Å². The molecule has 8 nitrogen and oxygen atoms in total. The molecule has 0 unspecified atom stereocenters. The second-order valence-electron chi connectivity index (χ2n) is 10.7. The maximum absolute atomic E-state index is 12.7. The van der Waals surface area contributed by atoms with Crippen molar-refractivity contribution in [2.24, 2.45) is 0 Å². The maximum atomic E-state index is 12.7. The number of carbonyl (C=O) groups is 1. The summed E-state index contributed by atoms with van der Waals surface area (Å²) in [5, 5.41) is 11.2. The van der Waals surface area contributed by atoms with Crippen LogP contribution in [0.2, 0.25) is 18.1 Å². The Labute approximate surface area is 205 Å². The molecule has 1 rings (SSSR count). The van der Waals surface area contributed by atoms with E-state index in [0.717, 1.165) is 5.56 Å². The van der Waals surface area contributed by atoms with E-state index < -0.39 is 25.6 Å². The third-order valence-electron chi connectivity index (χ3n) is 5.78. The van der Waals surface area contributed by atoms with Crippen molar-refractivity contribution in [3.8, 4) is 23.8 Å². The Morgan fingerprint density at radius 2 is 1.65 bits per heavy atom. The molecule has 0 heterocycles. The number of nitrogens with zero attached hydrogens (tertiary/aromatic N) is 1. The van der Waals surface area contributed by atoms with Crippen molar-refractivity contribution in [3.63, 3.8) is 0 Å². The minimum atomic E-state index is -2.26. The topological polar surface area (TPSA) is 86.7 Å². The zero-order chi connectivity index (χ0) is 26.4. The first-order chi connectivity index (χ1) is 15.5. The quantitative estimate of drug-likeness (QED) is 0.206. The highest BCUT2D eigenvalue weighted by Crippen LogP contribution is 2.37. The fraction of sp³-hybridized carbons (Fsp3) is 0.640. The second kappa shape index (κ2) is 11.4. The summed E-state index contributed by atoms with van der Waals surface area (Å²) in [5.74, 6) is 3.69. The molecule has 0 aliphatic heterocycles. The monoisotopic (exact) mass is 495 g/mol. The Morgan fingerprint density at radius 1 is 1.06 bits per heavy atom. The molecule has 34 heavy (non-hydrogen) atoms. The molecule has 0 saturated carbocycles. The average molecular weight is 496 g/mol. The highest BCUT2D eigenvalue weighted by Gasteiger charge is 2.45. The van der Waals surface area contributed by atoms with E-state index in [1.165, 1.54) is 0 Å². The van der Waals surface area contributed by atoms with Crippen molar-refractivity contribution in [3.05, 3.63) is 23.8 Å². The van der Waals surface area contributed by atoms with E-state index in [1.54, 1.807) is 47.1 Å². The van der Waals surface area contributed by atoms with Crippen LogP contribution in [0.15, 0.2) is 18.2 Å². The van der Waals surface area contributed by atoms with Gasteiger partial charge in [0.05, 0.1) is 34.0 Å². The molecule has 0 saturated heterocycles. The molecule has 0 radical (unpaired) electrons. The van der Waals surface area contributed by atoms with E-state index in [0.29, 0.717) is 16.6 Å². The molecule has 0 bridgehead atoms. The molecule has 9 heteroatoms. The van der Waals surface area contributed by atoms with Crippen molar-refractivity contribution >= 4 is 14.4 Å². The lowest BCUT2D eigenvalue weighted by atomic mass is 10.0. The van der Waals surface area contributed by atoms with Gasteiger partial charge in [0.25, 0.3) is 0 Å². The van der Waals surface area contributed by atoms with Crippen LogP contribution in [-0.4, -0.2) is 63.3 Å². The number of hydrogen-bond donors (Lipinski definition) is 1. The van der Waals surface area contributed by atoms with E-state index in [-0.39, 0.29) is 24.9 Å². The SMILES string of the molecule is C#C[C@](COCc1ccc(OC)c(OC)c1)(CO[Si](C)(C)C(C)(C)C)N(O)C(=O)OC(C)(C)C. The summed E-state index contributed by atoms with van der Waals surface area (Å²) in [4.78, 5) is 12.7. The van der Waals surface area contributed by atoms with Gasteiger partial charge in [0.2, 0.25) is 0 Å². The number of rotatable bonds is 10. The predicted octanol–water partition coefficient (Wildman–Crippen LogP) is 5.24. The molecular formula is C25H41NO7Si. The third kappa shape index (κ3) is 7.91. The van der Waals surface area contributed by atoms with Gasteiger partial charge in [-0.15, -0.1) is 6.42 Å². The van der Waals surface area contributed by atoms with Crippen LogP contribution in [0.5, 0.6) is 11.5 Å². The Balaban J connectivity index is 3.15. The zero-order valence-corrected chi connectivity index (χ0v) is 23.3. The Bertz CT molecular complexity index is 867. The highest BCUT2D eigenvalue weighted by molar-refractivity contribution is 6.74. The van der Waals surface area contributed by atoms with E-state index >= 15 is 0 Å². The van der Waals surface area contributed by atoms with Gasteiger partial charge in [-0.05, 0) is 56.6 Å². The molecule has 0 aromatic heterocycles. The predicted molar refractivity (Wildman–Crippen MR) is 134 cm³/mol. The number of benzene rings is 1. The number of methoxy groups -OCH3 is 2. The molecule has 1 aromatic carbocycles. The average Bonchev–Trinajstić information content (AvgIpc) is 2.73. The lowest BCUT2D eigenvalue weighted by Crippen LogP contribution is -2.58. The summed E-state index contributed by atoms with van der Waals surface area (Å²) in [6.45, 7) is 15.4. The second-order valence-corrected chi connectivity index (χ2v) is 15.5. The molecular weight excluding hydrogens is 454 g/mol. The van der Waals surface area contributed by atoms with Gasteiger partial charge >= 0.3 is 6.09 Å². The molecule has 1 atom stereocenters. The van der Waals surface area contributed by atoms with Gasteiger partial charge < -0.3 is 23.4 Å². The van der Waals surface area contributed by atoms with Gasteiger partial charge in [0.1, 0.15) is 5.60 Å². The van der Waals surface area contributed by atoms with Gasteiger partial charge in [-0.3, -0.25) is 5.21 Å². The summed E-state index contributed by atoms with van der Waals surface area (Å²) in [5.41, 5.74) is -1.61. The summed E-state index contributed by atoms with van der Waals surface area (Å²) in [6, 6.07) is 5.38. The molecule has 0 aliphatic carbocycles. The van der Waals surface area contributed by atoms with Crippen LogP contribution in [-0.2, 0) is 20.5 Å². The molecule has 0 spiro atoms. The van der Waals surface area contributed by atoms with E-state index in [1.807, 2.05) is 6.07 Å². The van der Waals surface area contributed by atoms with Crippen LogP contribution in [0, 0.1) is 12.3 Å². The molecule has 1 amide bonds. The van der Waals surface area contributed by atoms with Crippen LogP contribution >= 0.6 is 0 Å². The molecule has 0 fully saturated rings. The number of hydroxylamine groups is 2. The van der Waals surface area contributed by atoms with Crippen LogP contribution in [0.1, 0.15) is 47.1 Å². The summed E-state index contributed by atoms with van der Waals surface area (Å²) < 4.78 is 28.1. The third-order valence-corrected chi connectivity index (χ3v) is 10.3. The standard InChI is InChI=1S/C25H41NO7Si/c1-12-25(18-32-34(10,11)24(5,6)7,26(28)22(27)33-23(2,3)4)17-31-16-19-13-14-20(29-8)21(15-19)30-9/h1,13-15,28H,16-18H2,2-11H3/t25-/m0/s1. The van der Waals surface area contributed by atoms with E-state index in [2.05, 4.69) is 39.8 Å². The van der Waals surface area contributed by atoms with Crippen molar-refractivity contribution < 1.29 is 33.4 Å². The lowest BCUT2D eigenvalue weighted by molar-refractivity contribution is -0.167. The number of ether oxygens (including phenoxy) is 4. The van der Waals surface area contributed by atoms with Crippen molar-refractivity contribution in [2.75, 3.05) is 27.4 Å². The van der Waals surface area contributed by atoms with E-state index in [4.69, 9.17) is 29.8 Å². The molecule has 1 N–H and O–H groups in total. The van der Waals surface area contributed by atoms with Crippen molar-refractivity contribution in [1.82, 2.24) is 5.06 Å². The first kappa shape index (κ1) is 29.8. The first-order valence-corrected chi connectivity index (χ1v) is 14.1. The molecule has 1 aromatic rings. The largest absolute Gasteiger partial charge is 0.493 e. The number of amides is 1. The Morgan fingerprint density at radius 3 is 2.12 bits per heavy atom. The number of terminal acetylenes is 1. The van der Waals surface area contributed by atoms with Gasteiger partial charge in [0, 0.05) is 0 Å². The van der Waals surface area contributed by atoms with Gasteiger partial charge in [-0.1, -0.05) is 32.8 Å². The summed E-state index contributed by atoms with van der Waals surface area (Å²) >= 11 is 0. The van der Waals surface area contributed by atoms with Crippen molar-refractivity contribution in [2.45, 2.75) is 77.4 Å². The molecule has 0 aliphatic rings. The van der Waals surface area contributed by atoms with Gasteiger partial charge in [0.15, 0.2) is 25.4 Å². The van der Waals surface area contributed by atoms with Crippen LogP contribution < -0.4 is 9.47 Å². The Hall–Kier alpha value is -2.25. The normalized spacial score (nSPS) is 14.1. The minimum absolute atomic E-state index is 0.0972. The lowest BCUT2D eigenvalue weighted by Gasteiger charge is -2.41. The van der Waals surface area contributed by atoms with Crippen LogP contribution in [0.4, 0.5) is 4.79 Å². The summed E-state index contributed by atoms with van der Waals surface area (Å²) in [6.07, 6.45) is 4.90. The highest BCUT2D eigenvalue weighted by atomic mass is 28.4. The number of hydrogen-bond acceptors (Lipinski definition) is 7. The molecule has 192 valence electrons. The number of carbonyl (C=O) groups excluding carboxylic acids is 1.